The van der Waals surface area contributed by atoms with Gasteiger partial charge in [0, 0.05) is 6.20 Å². The average molecular weight is 221 g/mol. The van der Waals surface area contributed by atoms with Crippen molar-refractivity contribution in [3.05, 3.63) is 45.1 Å². The highest BCUT2D eigenvalue weighted by Crippen LogP contribution is 1.99. The molecule has 0 bridgehead atoms. The van der Waals surface area contributed by atoms with Crippen LogP contribution in [0.1, 0.15) is 17.3 Å². The lowest BCUT2D eigenvalue weighted by atomic mass is 10.2. The number of carbonyl (C=O) groups is 1. The number of nitrogens with zero attached hydrogens (tertiary/aromatic N) is 2. The fourth-order valence-corrected chi connectivity index (χ4v) is 1.27. The zero-order chi connectivity index (χ0) is 11.7. The lowest BCUT2D eigenvalue weighted by molar-refractivity contribution is 0.101. The van der Waals surface area contributed by atoms with Gasteiger partial charge in [0.25, 0.3) is 5.56 Å². The van der Waals surface area contributed by atoms with Crippen molar-refractivity contribution in [2.24, 2.45) is 0 Å². The quantitative estimate of drug-likeness (QED) is 0.703. The minimum Gasteiger partial charge on any atom is -0.362 e. The van der Waals surface area contributed by atoms with Crippen LogP contribution in [0.25, 0.3) is 5.69 Å². The van der Waals surface area contributed by atoms with Crippen LogP contribution in [0.3, 0.4) is 0 Å². The van der Waals surface area contributed by atoms with Crippen molar-refractivity contribution in [2.75, 3.05) is 0 Å². The van der Waals surface area contributed by atoms with Crippen LogP contribution in [0.2, 0.25) is 0 Å². The van der Waals surface area contributed by atoms with Gasteiger partial charge in [0.05, 0.1) is 11.8 Å². The summed E-state index contributed by atoms with van der Waals surface area (Å²) >= 11 is 0. The second-order valence-corrected chi connectivity index (χ2v) is 3.09. The van der Waals surface area contributed by atoms with Crippen LogP contribution in [0, 0.1) is 0 Å². The van der Waals surface area contributed by atoms with Crippen molar-refractivity contribution >= 4 is 5.78 Å². The van der Waals surface area contributed by atoms with Crippen LogP contribution >= 0.6 is 0 Å². The Hall–Kier alpha value is -2.44. The molecular formula is C9H7N3O4. The highest BCUT2D eigenvalue weighted by Gasteiger charge is 2.13. The topological polar surface area (TPSA) is 98.0 Å². The highest BCUT2D eigenvalue weighted by atomic mass is 16.5. The van der Waals surface area contributed by atoms with Crippen LogP contribution in [-0.4, -0.2) is 20.5 Å². The Bertz CT molecular complexity index is 636. The molecule has 0 aliphatic heterocycles. The Labute approximate surface area is 88.3 Å². The summed E-state index contributed by atoms with van der Waals surface area (Å²) in [5.74, 6) is -0.425. The van der Waals surface area contributed by atoms with Gasteiger partial charge in [0.2, 0.25) is 0 Å². The molecule has 2 heterocycles. The van der Waals surface area contributed by atoms with Gasteiger partial charge in [-0.2, -0.15) is 0 Å². The molecule has 2 rings (SSSR count). The van der Waals surface area contributed by atoms with Gasteiger partial charge in [-0.25, -0.2) is 9.36 Å². The molecule has 7 nitrogen and oxygen atoms in total. The third-order valence-corrected chi connectivity index (χ3v) is 2.03. The first-order chi connectivity index (χ1) is 7.61. The molecule has 0 atom stereocenters. The van der Waals surface area contributed by atoms with Crippen molar-refractivity contribution in [3.8, 4) is 5.69 Å². The number of ketones is 1. The standard InChI is InChI=1S/C9H7N3O4/c1-5(13)7-3-10-9(15)12(8(7)14)6-2-11-16-4-6/h2-4H,1H3,(H,10,15). The van der Waals surface area contributed by atoms with Gasteiger partial charge in [0.15, 0.2) is 5.78 Å². The fourth-order valence-electron chi connectivity index (χ4n) is 1.27. The fraction of sp³-hybridized carbons (Fsp3) is 0.111. The van der Waals surface area contributed by atoms with Gasteiger partial charge >= 0.3 is 5.69 Å². The van der Waals surface area contributed by atoms with Crippen molar-refractivity contribution in [2.45, 2.75) is 6.92 Å². The minimum absolute atomic E-state index is 0.0965. The van der Waals surface area contributed by atoms with E-state index in [0.29, 0.717) is 0 Å². The molecule has 0 saturated heterocycles. The smallest absolute Gasteiger partial charge is 0.333 e. The molecule has 1 N–H and O–H groups in total. The number of rotatable bonds is 2. The van der Waals surface area contributed by atoms with E-state index in [0.717, 1.165) is 17.0 Å². The molecule has 0 spiro atoms. The normalized spacial score (nSPS) is 10.3. The summed E-state index contributed by atoms with van der Waals surface area (Å²) in [5.41, 5.74) is -1.27. The van der Waals surface area contributed by atoms with E-state index >= 15 is 0 Å². The number of nitrogens with one attached hydrogen (secondary N) is 1. The van der Waals surface area contributed by atoms with Gasteiger partial charge in [-0.05, 0) is 6.92 Å². The minimum atomic E-state index is -0.695. The first-order valence-corrected chi connectivity index (χ1v) is 4.36. The van der Waals surface area contributed by atoms with Crippen LogP contribution < -0.4 is 11.2 Å². The maximum Gasteiger partial charge on any atom is 0.333 e. The summed E-state index contributed by atoms with van der Waals surface area (Å²) in [4.78, 5) is 36.6. The van der Waals surface area contributed by atoms with E-state index in [-0.39, 0.29) is 11.3 Å². The average Bonchev–Trinajstić information content (AvgIpc) is 2.70. The summed E-state index contributed by atoms with van der Waals surface area (Å²) in [7, 11) is 0. The van der Waals surface area contributed by atoms with E-state index in [2.05, 4.69) is 14.7 Å². The summed E-state index contributed by atoms with van der Waals surface area (Å²) < 4.78 is 5.32. The van der Waals surface area contributed by atoms with Crippen molar-refractivity contribution in [1.82, 2.24) is 14.7 Å². The molecule has 0 fully saturated rings. The maximum atomic E-state index is 11.8. The second-order valence-electron chi connectivity index (χ2n) is 3.09. The highest BCUT2D eigenvalue weighted by molar-refractivity contribution is 5.93. The molecule has 0 aliphatic carbocycles. The summed E-state index contributed by atoms with van der Waals surface area (Å²) in [6.45, 7) is 1.24. The molecule has 16 heavy (non-hydrogen) atoms. The first-order valence-electron chi connectivity index (χ1n) is 4.36. The van der Waals surface area contributed by atoms with E-state index in [1.165, 1.54) is 13.1 Å². The van der Waals surface area contributed by atoms with Gasteiger partial charge in [-0.1, -0.05) is 5.16 Å². The second kappa shape index (κ2) is 3.61. The van der Waals surface area contributed by atoms with Crippen LogP contribution in [0.4, 0.5) is 0 Å². The summed E-state index contributed by atoms with van der Waals surface area (Å²) in [5, 5.41) is 3.38. The van der Waals surface area contributed by atoms with Gasteiger partial charge in [-0.15, -0.1) is 0 Å². The zero-order valence-corrected chi connectivity index (χ0v) is 8.26. The molecule has 2 aromatic heterocycles. The molecule has 82 valence electrons. The lowest BCUT2D eigenvalue weighted by Crippen LogP contribution is -2.36. The largest absolute Gasteiger partial charge is 0.362 e. The Balaban J connectivity index is 2.80. The Morgan fingerprint density at radius 2 is 2.25 bits per heavy atom. The van der Waals surface area contributed by atoms with E-state index in [1.54, 1.807) is 0 Å². The molecule has 0 unspecified atom stereocenters. The van der Waals surface area contributed by atoms with Crippen LogP contribution in [0.15, 0.2) is 32.8 Å². The molecule has 0 amide bonds. The number of Topliss-reactive ketones (excluding diaryl/α,β-unsaturated/α-hetero) is 1. The number of aromatic amines is 1. The Morgan fingerprint density at radius 3 is 2.81 bits per heavy atom. The number of carbonyl (C=O) groups excluding carboxylic acids is 1. The zero-order valence-electron chi connectivity index (χ0n) is 8.26. The summed E-state index contributed by atoms with van der Waals surface area (Å²) in [6.07, 6.45) is 3.44. The molecule has 0 saturated carbocycles. The lowest BCUT2D eigenvalue weighted by Gasteiger charge is -2.00. The summed E-state index contributed by atoms with van der Waals surface area (Å²) in [6, 6.07) is 0. The van der Waals surface area contributed by atoms with Gasteiger partial charge in [0.1, 0.15) is 12.0 Å². The Kier molecular flexibility index (Phi) is 2.28. The third kappa shape index (κ3) is 1.48. The molecular weight excluding hydrogens is 214 g/mol. The SMILES string of the molecule is CC(=O)c1c[nH]c(=O)n(-c2cnoc2)c1=O. The predicted octanol–water partition coefficient (Wildman–Crippen LogP) is -0.284. The molecule has 2 aromatic rings. The third-order valence-electron chi connectivity index (χ3n) is 2.03. The first kappa shape index (κ1) is 10.1. The predicted molar refractivity (Wildman–Crippen MR) is 52.7 cm³/mol. The number of H-pyrrole nitrogens is 1. The van der Waals surface area contributed by atoms with Crippen molar-refractivity contribution in [1.29, 1.82) is 0 Å². The Morgan fingerprint density at radius 1 is 1.50 bits per heavy atom. The van der Waals surface area contributed by atoms with Crippen molar-refractivity contribution in [3.63, 3.8) is 0 Å². The molecule has 7 heteroatoms. The maximum absolute atomic E-state index is 11.8. The van der Waals surface area contributed by atoms with Gasteiger partial charge in [-0.3, -0.25) is 9.59 Å². The van der Waals surface area contributed by atoms with E-state index in [9.17, 15) is 14.4 Å². The van der Waals surface area contributed by atoms with E-state index in [1.807, 2.05) is 0 Å². The monoisotopic (exact) mass is 221 g/mol. The number of aromatic nitrogens is 3. The van der Waals surface area contributed by atoms with Crippen molar-refractivity contribution < 1.29 is 9.32 Å². The van der Waals surface area contributed by atoms with E-state index in [4.69, 9.17) is 0 Å². The van der Waals surface area contributed by atoms with Crippen LogP contribution in [0.5, 0.6) is 0 Å². The number of hydrogen-bond donors (Lipinski definition) is 1. The molecule has 0 radical (unpaired) electrons. The van der Waals surface area contributed by atoms with Gasteiger partial charge < -0.3 is 9.51 Å². The number of hydrogen-bond acceptors (Lipinski definition) is 5. The molecule has 0 aliphatic rings. The van der Waals surface area contributed by atoms with E-state index < -0.39 is 17.0 Å². The van der Waals surface area contributed by atoms with Crippen LogP contribution in [-0.2, 0) is 0 Å². The molecule has 0 aromatic carbocycles.